The summed E-state index contributed by atoms with van der Waals surface area (Å²) < 4.78 is 10.6. The van der Waals surface area contributed by atoms with E-state index >= 15 is 0 Å². The fourth-order valence-electron chi connectivity index (χ4n) is 2.17. The predicted octanol–water partition coefficient (Wildman–Crippen LogP) is 2.47. The third kappa shape index (κ3) is 4.62. The molecule has 0 aliphatic heterocycles. The molecule has 1 heterocycles. The fraction of sp³-hybridized carbons (Fsp3) is 0.333. The molecular weight excluding hydrogens is 306 g/mol. The van der Waals surface area contributed by atoms with Crippen molar-refractivity contribution in [3.63, 3.8) is 0 Å². The molecule has 6 heteroatoms. The van der Waals surface area contributed by atoms with Gasteiger partial charge >= 0.3 is 0 Å². The van der Waals surface area contributed by atoms with Crippen molar-refractivity contribution in [1.29, 1.82) is 0 Å². The first-order valence-electron chi connectivity index (χ1n) is 8.02. The average Bonchev–Trinajstić information content (AvgIpc) is 3.44. The van der Waals surface area contributed by atoms with Crippen molar-refractivity contribution in [3.8, 4) is 11.5 Å². The summed E-state index contributed by atoms with van der Waals surface area (Å²) in [6, 6.07) is 11.5. The van der Waals surface area contributed by atoms with E-state index in [0.717, 1.165) is 17.2 Å². The minimum absolute atomic E-state index is 0.202. The molecule has 0 unspecified atom stereocenters. The van der Waals surface area contributed by atoms with Crippen LogP contribution in [0.5, 0.6) is 11.5 Å². The molecule has 24 heavy (non-hydrogen) atoms. The number of anilines is 1. The summed E-state index contributed by atoms with van der Waals surface area (Å²) >= 11 is 0. The lowest BCUT2D eigenvalue weighted by Crippen LogP contribution is -2.28. The number of hydrogen-bond donors (Lipinski definition) is 2. The number of hydrogen-bond acceptors (Lipinski definition) is 5. The van der Waals surface area contributed by atoms with E-state index in [1.165, 1.54) is 12.8 Å². The van der Waals surface area contributed by atoms with Crippen LogP contribution in [-0.2, 0) is 0 Å². The number of nitrogens with zero attached hydrogens (tertiary/aromatic N) is 1. The van der Waals surface area contributed by atoms with Crippen molar-refractivity contribution >= 4 is 11.6 Å². The summed E-state index contributed by atoms with van der Waals surface area (Å²) in [4.78, 5) is 16.2. The Kier molecular flexibility index (Phi) is 5.15. The lowest BCUT2D eigenvalue weighted by atomic mass is 10.3. The van der Waals surface area contributed by atoms with Crippen LogP contribution in [0.15, 0.2) is 42.6 Å². The van der Waals surface area contributed by atoms with E-state index in [9.17, 15) is 4.79 Å². The average molecular weight is 327 g/mol. The fourth-order valence-corrected chi connectivity index (χ4v) is 2.17. The van der Waals surface area contributed by atoms with Gasteiger partial charge in [0.1, 0.15) is 23.8 Å². The lowest BCUT2D eigenvalue weighted by Gasteiger charge is -2.09. The molecule has 1 amide bonds. The number of ether oxygens (including phenoxy) is 2. The van der Waals surface area contributed by atoms with E-state index in [2.05, 4.69) is 15.6 Å². The van der Waals surface area contributed by atoms with Gasteiger partial charge in [0.2, 0.25) is 0 Å². The number of aromatic nitrogens is 1. The lowest BCUT2D eigenvalue weighted by molar-refractivity contribution is 0.0942. The standard InChI is InChI=1S/C18H21N3O3/c1-23-15-5-7-16(8-6-15)24-11-10-19-18(22)17-9-4-14(12-20-17)21-13-2-3-13/h4-9,12-13,21H,2-3,10-11H2,1H3,(H,19,22). The number of carbonyl (C=O) groups excluding carboxylic acids is 1. The minimum Gasteiger partial charge on any atom is -0.497 e. The molecule has 6 nitrogen and oxygen atoms in total. The molecule has 0 bridgehead atoms. The highest BCUT2D eigenvalue weighted by Gasteiger charge is 2.20. The molecule has 0 radical (unpaired) electrons. The van der Waals surface area contributed by atoms with E-state index in [-0.39, 0.29) is 5.91 Å². The van der Waals surface area contributed by atoms with Gasteiger partial charge in [0.15, 0.2) is 0 Å². The van der Waals surface area contributed by atoms with Crippen molar-refractivity contribution in [1.82, 2.24) is 10.3 Å². The molecule has 1 aliphatic carbocycles. The van der Waals surface area contributed by atoms with Crippen LogP contribution in [0.1, 0.15) is 23.3 Å². The zero-order valence-corrected chi connectivity index (χ0v) is 13.6. The van der Waals surface area contributed by atoms with Gasteiger partial charge in [0.05, 0.1) is 25.5 Å². The Morgan fingerprint density at radius 3 is 2.54 bits per heavy atom. The molecule has 1 aromatic carbocycles. The van der Waals surface area contributed by atoms with Gasteiger partial charge in [0.25, 0.3) is 5.91 Å². The van der Waals surface area contributed by atoms with Crippen LogP contribution in [0.3, 0.4) is 0 Å². The molecule has 3 rings (SSSR count). The minimum atomic E-state index is -0.202. The van der Waals surface area contributed by atoms with Crippen LogP contribution >= 0.6 is 0 Å². The molecular formula is C18H21N3O3. The van der Waals surface area contributed by atoms with Crippen LogP contribution in [-0.4, -0.2) is 37.2 Å². The number of pyridine rings is 1. The smallest absolute Gasteiger partial charge is 0.269 e. The number of rotatable bonds is 8. The van der Waals surface area contributed by atoms with E-state index in [1.807, 2.05) is 30.3 Å². The number of benzene rings is 1. The van der Waals surface area contributed by atoms with Gasteiger partial charge in [-0.15, -0.1) is 0 Å². The first-order valence-corrected chi connectivity index (χ1v) is 8.02. The third-order valence-corrected chi connectivity index (χ3v) is 3.66. The van der Waals surface area contributed by atoms with Crippen LogP contribution in [0.2, 0.25) is 0 Å². The molecule has 126 valence electrons. The van der Waals surface area contributed by atoms with Crippen molar-refractivity contribution in [2.75, 3.05) is 25.6 Å². The van der Waals surface area contributed by atoms with Crippen LogP contribution in [0, 0.1) is 0 Å². The van der Waals surface area contributed by atoms with Gasteiger partial charge in [-0.25, -0.2) is 4.98 Å². The van der Waals surface area contributed by atoms with Crippen molar-refractivity contribution in [2.45, 2.75) is 18.9 Å². The quantitative estimate of drug-likeness (QED) is 0.729. The van der Waals surface area contributed by atoms with Gasteiger partial charge in [-0.2, -0.15) is 0 Å². The summed E-state index contributed by atoms with van der Waals surface area (Å²) in [7, 11) is 1.62. The van der Waals surface area contributed by atoms with Gasteiger partial charge in [-0.3, -0.25) is 4.79 Å². The largest absolute Gasteiger partial charge is 0.497 e. The first-order chi connectivity index (χ1) is 11.7. The van der Waals surface area contributed by atoms with E-state index in [1.54, 1.807) is 19.4 Å². The monoisotopic (exact) mass is 327 g/mol. The molecule has 2 N–H and O–H groups in total. The van der Waals surface area contributed by atoms with Crippen molar-refractivity contribution in [2.24, 2.45) is 0 Å². The molecule has 1 fully saturated rings. The highest BCUT2D eigenvalue weighted by Crippen LogP contribution is 2.24. The van der Waals surface area contributed by atoms with E-state index < -0.39 is 0 Å². The summed E-state index contributed by atoms with van der Waals surface area (Å²) in [5.41, 5.74) is 1.36. The Hall–Kier alpha value is -2.76. The molecule has 1 aromatic heterocycles. The predicted molar refractivity (Wildman–Crippen MR) is 91.7 cm³/mol. The normalized spacial score (nSPS) is 13.2. The Morgan fingerprint density at radius 1 is 1.17 bits per heavy atom. The highest BCUT2D eigenvalue weighted by molar-refractivity contribution is 5.92. The van der Waals surface area contributed by atoms with Gasteiger partial charge in [-0.05, 0) is 49.2 Å². The second kappa shape index (κ2) is 7.68. The molecule has 0 spiro atoms. The number of nitrogens with one attached hydrogen (secondary N) is 2. The van der Waals surface area contributed by atoms with Crippen LogP contribution in [0.4, 0.5) is 5.69 Å². The number of methoxy groups -OCH3 is 1. The first kappa shape index (κ1) is 16.1. The summed E-state index contributed by atoms with van der Waals surface area (Å²) in [5, 5.41) is 6.13. The summed E-state index contributed by atoms with van der Waals surface area (Å²) in [6.45, 7) is 0.800. The Bertz CT molecular complexity index is 667. The second-order valence-electron chi connectivity index (χ2n) is 5.63. The topological polar surface area (TPSA) is 72.5 Å². The highest BCUT2D eigenvalue weighted by atomic mass is 16.5. The molecule has 0 saturated heterocycles. The zero-order valence-electron chi connectivity index (χ0n) is 13.6. The maximum atomic E-state index is 12.0. The van der Waals surface area contributed by atoms with Gasteiger partial charge in [-0.1, -0.05) is 0 Å². The summed E-state index contributed by atoms with van der Waals surface area (Å²) in [5.74, 6) is 1.31. The molecule has 2 aromatic rings. The van der Waals surface area contributed by atoms with Crippen molar-refractivity contribution < 1.29 is 14.3 Å². The maximum Gasteiger partial charge on any atom is 0.269 e. The zero-order chi connectivity index (χ0) is 16.8. The second-order valence-corrected chi connectivity index (χ2v) is 5.63. The van der Waals surface area contributed by atoms with Gasteiger partial charge in [0, 0.05) is 6.04 Å². The maximum absolute atomic E-state index is 12.0. The Balaban J connectivity index is 1.39. The molecule has 1 saturated carbocycles. The Labute approximate surface area is 141 Å². The third-order valence-electron chi connectivity index (χ3n) is 3.66. The SMILES string of the molecule is COc1ccc(OCCNC(=O)c2ccc(NC3CC3)cn2)cc1. The Morgan fingerprint density at radius 2 is 1.92 bits per heavy atom. The molecule has 1 aliphatic rings. The number of carbonyl (C=O) groups is 1. The van der Waals surface area contributed by atoms with Crippen LogP contribution in [0.25, 0.3) is 0 Å². The molecule has 0 atom stereocenters. The van der Waals surface area contributed by atoms with E-state index in [4.69, 9.17) is 9.47 Å². The van der Waals surface area contributed by atoms with E-state index in [0.29, 0.717) is 24.9 Å². The van der Waals surface area contributed by atoms with Gasteiger partial charge < -0.3 is 20.1 Å². The van der Waals surface area contributed by atoms with Crippen LogP contribution < -0.4 is 20.1 Å². The van der Waals surface area contributed by atoms with Crippen molar-refractivity contribution in [3.05, 3.63) is 48.3 Å². The summed E-state index contributed by atoms with van der Waals surface area (Å²) in [6.07, 6.45) is 4.11. The number of amides is 1.